The Morgan fingerprint density at radius 1 is 0.654 bits per heavy atom. The molecule has 0 rings (SSSR count). The average molecular weight is 441 g/mol. The number of rotatable bonds is 18. The molecule has 0 aromatic heterocycles. The molecule has 0 radical (unpaired) electrons. The van der Waals surface area contributed by atoms with Gasteiger partial charge in [0.15, 0.2) is 0 Å². The fourth-order valence-electron chi connectivity index (χ4n) is 3.47. The maximum Gasteiger partial charge on any atom is 0.00705 e. The van der Waals surface area contributed by atoms with Crippen LogP contribution in [0.1, 0.15) is 112 Å². The van der Waals surface area contributed by atoms with E-state index in [9.17, 15) is 0 Å². The van der Waals surface area contributed by atoms with Crippen LogP contribution in [0.15, 0.2) is 0 Å². The van der Waals surface area contributed by atoms with Crippen molar-refractivity contribution in [2.75, 3.05) is 18.1 Å². The van der Waals surface area contributed by atoms with Crippen LogP contribution in [0.3, 0.4) is 0 Å². The molecular formula is C22H50P2S2. The van der Waals surface area contributed by atoms with Gasteiger partial charge >= 0.3 is 0 Å². The van der Waals surface area contributed by atoms with Crippen molar-refractivity contribution in [3.05, 3.63) is 0 Å². The van der Waals surface area contributed by atoms with Gasteiger partial charge in [-0.25, -0.2) is 0 Å². The Morgan fingerprint density at radius 3 is 1.35 bits per heavy atom. The van der Waals surface area contributed by atoms with Gasteiger partial charge in [-0.2, -0.15) is 9.90 Å². The standard InChI is InChI=1S/C22H47PS2.H3P/c1-6-7-8-9-10-11-12-13-14-15-16-17-18-25-23(24,19-21(2)3)20-22(4)5;/h21-22H,6-20H2,1-5H3;1H3. The first kappa shape index (κ1) is 29.6. The smallest absolute Gasteiger partial charge is 0.00705 e. The van der Waals surface area contributed by atoms with Gasteiger partial charge in [0, 0.05) is 5.24 Å². The zero-order valence-electron chi connectivity index (χ0n) is 18.7. The van der Waals surface area contributed by atoms with Crippen LogP contribution in [0, 0.1) is 11.8 Å². The summed E-state index contributed by atoms with van der Waals surface area (Å²) in [5.41, 5.74) is 0. The van der Waals surface area contributed by atoms with E-state index >= 15 is 0 Å². The molecule has 0 fully saturated rings. The molecule has 0 heterocycles. The lowest BCUT2D eigenvalue weighted by Gasteiger charge is -2.25. The summed E-state index contributed by atoms with van der Waals surface area (Å²) < 4.78 is 0. The van der Waals surface area contributed by atoms with Crippen LogP contribution in [-0.4, -0.2) is 18.1 Å². The van der Waals surface area contributed by atoms with Gasteiger partial charge in [-0.15, -0.1) is 11.4 Å². The second-order valence-electron chi connectivity index (χ2n) is 8.69. The molecule has 26 heavy (non-hydrogen) atoms. The minimum absolute atomic E-state index is 0. The second kappa shape index (κ2) is 19.7. The summed E-state index contributed by atoms with van der Waals surface area (Å²) in [5, 5.41) is -1.16. The van der Waals surface area contributed by atoms with Crippen LogP contribution in [0.4, 0.5) is 0 Å². The van der Waals surface area contributed by atoms with E-state index in [1.54, 1.807) is 0 Å². The first-order valence-electron chi connectivity index (χ1n) is 11.1. The summed E-state index contributed by atoms with van der Waals surface area (Å²) in [6, 6.07) is 0. The Kier molecular flexibility index (Phi) is 22.5. The van der Waals surface area contributed by atoms with Crippen molar-refractivity contribution < 1.29 is 0 Å². The lowest BCUT2D eigenvalue weighted by Crippen LogP contribution is -2.04. The highest BCUT2D eigenvalue weighted by Crippen LogP contribution is 2.61. The molecule has 0 amide bonds. The maximum absolute atomic E-state index is 6.11. The van der Waals surface area contributed by atoms with Gasteiger partial charge in [-0.1, -0.05) is 117 Å². The molecule has 0 N–H and O–H groups in total. The van der Waals surface area contributed by atoms with Crippen LogP contribution in [0.5, 0.6) is 0 Å². The van der Waals surface area contributed by atoms with Gasteiger partial charge in [0.2, 0.25) is 0 Å². The minimum Gasteiger partial charge on any atom is -0.153 e. The topological polar surface area (TPSA) is 0 Å². The normalized spacial score (nSPS) is 12.0. The SMILES string of the molecule is CCCCCCCCCCCCCCSP(=S)(CC(C)C)CC(C)C.P. The van der Waals surface area contributed by atoms with Crippen LogP contribution < -0.4 is 0 Å². The third-order valence-corrected chi connectivity index (χ3v) is 12.8. The summed E-state index contributed by atoms with van der Waals surface area (Å²) in [4.78, 5) is 0. The van der Waals surface area contributed by atoms with E-state index in [-0.39, 0.29) is 9.90 Å². The minimum atomic E-state index is -1.16. The average Bonchev–Trinajstić information content (AvgIpc) is 2.50. The fourth-order valence-corrected chi connectivity index (χ4v) is 13.0. The molecule has 0 nitrogen and oxygen atoms in total. The number of unbranched alkanes of at least 4 members (excludes halogenated alkanes) is 11. The van der Waals surface area contributed by atoms with Gasteiger partial charge in [-0.05, 0) is 36.3 Å². The van der Waals surface area contributed by atoms with Crippen LogP contribution in [-0.2, 0) is 11.8 Å². The van der Waals surface area contributed by atoms with Crippen LogP contribution in [0.2, 0.25) is 0 Å². The largest absolute Gasteiger partial charge is 0.153 e. The monoisotopic (exact) mass is 440 g/mol. The Labute approximate surface area is 179 Å². The first-order chi connectivity index (χ1) is 11.9. The lowest BCUT2D eigenvalue weighted by atomic mass is 10.1. The second-order valence-corrected chi connectivity index (χ2v) is 17.4. The van der Waals surface area contributed by atoms with Crippen molar-refractivity contribution in [2.24, 2.45) is 11.8 Å². The molecule has 0 aliphatic carbocycles. The predicted molar refractivity (Wildman–Crippen MR) is 138 cm³/mol. The quantitative estimate of drug-likeness (QED) is 0.154. The van der Waals surface area contributed by atoms with Crippen molar-refractivity contribution in [3.8, 4) is 0 Å². The highest BCUT2D eigenvalue weighted by molar-refractivity contribution is 8.71. The molecule has 160 valence electrons. The maximum atomic E-state index is 6.11. The highest BCUT2D eigenvalue weighted by atomic mass is 32.9. The van der Waals surface area contributed by atoms with Crippen molar-refractivity contribution >= 4 is 38.3 Å². The Morgan fingerprint density at radius 2 is 1.00 bits per heavy atom. The van der Waals surface area contributed by atoms with E-state index in [2.05, 4.69) is 46.0 Å². The lowest BCUT2D eigenvalue weighted by molar-refractivity contribution is 0.548. The Balaban J connectivity index is 0. The summed E-state index contributed by atoms with van der Waals surface area (Å²) in [7, 11) is 0. The highest BCUT2D eigenvalue weighted by Gasteiger charge is 2.20. The van der Waals surface area contributed by atoms with Crippen LogP contribution >= 0.6 is 26.5 Å². The van der Waals surface area contributed by atoms with Crippen molar-refractivity contribution in [2.45, 2.75) is 112 Å². The molecule has 0 aliphatic heterocycles. The molecule has 0 saturated carbocycles. The molecule has 1 atom stereocenters. The Hall–Kier alpha value is 1.43. The summed E-state index contributed by atoms with van der Waals surface area (Å²) in [6.07, 6.45) is 19.8. The zero-order valence-corrected chi connectivity index (χ0v) is 22.7. The van der Waals surface area contributed by atoms with Gasteiger partial charge in [0.1, 0.15) is 0 Å². The molecule has 0 saturated heterocycles. The molecular weight excluding hydrogens is 390 g/mol. The molecule has 0 spiro atoms. The third-order valence-electron chi connectivity index (χ3n) is 4.61. The molecule has 0 bridgehead atoms. The summed E-state index contributed by atoms with van der Waals surface area (Å²) in [5.74, 6) is 2.84. The molecule has 1 unspecified atom stereocenters. The van der Waals surface area contributed by atoms with E-state index in [1.165, 1.54) is 95.1 Å². The summed E-state index contributed by atoms with van der Waals surface area (Å²) in [6.45, 7) is 11.7. The molecule has 0 aromatic carbocycles. The zero-order chi connectivity index (χ0) is 19.0. The van der Waals surface area contributed by atoms with E-state index in [1.807, 2.05) is 0 Å². The Bertz CT molecular complexity index is 316. The third kappa shape index (κ3) is 20.2. The van der Waals surface area contributed by atoms with E-state index in [0.29, 0.717) is 0 Å². The van der Waals surface area contributed by atoms with E-state index in [0.717, 1.165) is 11.8 Å². The van der Waals surface area contributed by atoms with Crippen molar-refractivity contribution in [3.63, 3.8) is 0 Å². The van der Waals surface area contributed by atoms with Gasteiger partial charge in [0.05, 0.1) is 0 Å². The number of hydrogen-bond donors (Lipinski definition) is 0. The van der Waals surface area contributed by atoms with Gasteiger partial charge in [-0.3, -0.25) is 0 Å². The van der Waals surface area contributed by atoms with Crippen molar-refractivity contribution in [1.29, 1.82) is 0 Å². The van der Waals surface area contributed by atoms with E-state index < -0.39 is 5.24 Å². The van der Waals surface area contributed by atoms with Crippen molar-refractivity contribution in [1.82, 2.24) is 0 Å². The number of hydrogen-bond acceptors (Lipinski definition) is 2. The summed E-state index contributed by atoms with van der Waals surface area (Å²) >= 11 is 8.30. The predicted octanol–water partition coefficient (Wildman–Crippen LogP) is 9.19. The first-order valence-corrected chi connectivity index (χ1v) is 15.9. The fraction of sp³-hybridized carbons (Fsp3) is 1.00. The molecule has 4 heteroatoms. The van der Waals surface area contributed by atoms with Gasteiger partial charge < -0.3 is 0 Å². The van der Waals surface area contributed by atoms with E-state index in [4.69, 9.17) is 11.8 Å². The van der Waals surface area contributed by atoms with Crippen LogP contribution in [0.25, 0.3) is 0 Å². The molecule has 0 aromatic rings. The van der Waals surface area contributed by atoms with Gasteiger partial charge in [0.25, 0.3) is 0 Å². The molecule has 0 aliphatic rings.